The Morgan fingerprint density at radius 3 is 2.40 bits per heavy atom. The zero-order valence-electron chi connectivity index (χ0n) is 15.3. The molecule has 1 heterocycles. The van der Waals surface area contributed by atoms with E-state index in [1.807, 2.05) is 27.7 Å². The van der Waals surface area contributed by atoms with Crippen LogP contribution in [0.5, 0.6) is 11.5 Å². The maximum absolute atomic E-state index is 12.4. The molecule has 7 heteroatoms. The zero-order chi connectivity index (χ0) is 18.8. The quantitative estimate of drug-likeness (QED) is 0.861. The summed E-state index contributed by atoms with van der Waals surface area (Å²) in [6, 6.07) is 3.21. The van der Waals surface area contributed by atoms with Crippen LogP contribution in [0.2, 0.25) is 5.02 Å². The fraction of sp³-hybridized carbons (Fsp3) is 0.444. The van der Waals surface area contributed by atoms with Crippen molar-refractivity contribution < 1.29 is 18.7 Å². The number of carbonyl (C=O) groups is 1. The first-order valence-corrected chi connectivity index (χ1v) is 8.21. The van der Waals surface area contributed by atoms with E-state index in [0.717, 1.165) is 0 Å². The predicted molar refractivity (Wildman–Crippen MR) is 96.8 cm³/mol. The van der Waals surface area contributed by atoms with Crippen molar-refractivity contribution in [1.29, 1.82) is 0 Å². The summed E-state index contributed by atoms with van der Waals surface area (Å²) in [6.45, 7) is 7.85. The number of hydrogen-bond acceptors (Lipinski definition) is 5. The summed E-state index contributed by atoms with van der Waals surface area (Å²) in [5, 5.41) is 3.20. The number of oxazole rings is 1. The Labute approximate surface area is 152 Å². The van der Waals surface area contributed by atoms with Gasteiger partial charge in [-0.25, -0.2) is 4.98 Å². The number of nitrogens with one attached hydrogen (secondary N) is 1. The fourth-order valence-electron chi connectivity index (χ4n) is 2.21. The van der Waals surface area contributed by atoms with Gasteiger partial charge in [0, 0.05) is 17.5 Å². The van der Waals surface area contributed by atoms with Crippen LogP contribution >= 0.6 is 11.6 Å². The van der Waals surface area contributed by atoms with E-state index in [9.17, 15) is 4.79 Å². The van der Waals surface area contributed by atoms with E-state index in [1.54, 1.807) is 12.1 Å². The van der Waals surface area contributed by atoms with Crippen LogP contribution in [-0.4, -0.2) is 25.1 Å². The molecular weight excluding hydrogens is 344 g/mol. The lowest BCUT2D eigenvalue weighted by atomic mass is 9.97. The first-order chi connectivity index (χ1) is 11.7. The summed E-state index contributed by atoms with van der Waals surface area (Å²) in [5.74, 6) is 1.80. The molecule has 0 saturated carbocycles. The van der Waals surface area contributed by atoms with Gasteiger partial charge in [0.1, 0.15) is 17.3 Å². The second-order valence-electron chi connectivity index (χ2n) is 6.69. The Morgan fingerprint density at radius 2 is 1.88 bits per heavy atom. The van der Waals surface area contributed by atoms with Crippen LogP contribution in [0.3, 0.4) is 0 Å². The van der Waals surface area contributed by atoms with E-state index < -0.39 is 0 Å². The molecule has 2 rings (SSSR count). The van der Waals surface area contributed by atoms with Crippen LogP contribution in [0.1, 0.15) is 38.1 Å². The van der Waals surface area contributed by atoms with Gasteiger partial charge in [-0.3, -0.25) is 4.79 Å². The van der Waals surface area contributed by atoms with E-state index in [4.69, 9.17) is 25.5 Å². The molecule has 1 amide bonds. The molecule has 6 nitrogen and oxygen atoms in total. The minimum atomic E-state index is -0.248. The molecule has 0 radical (unpaired) electrons. The molecule has 1 N–H and O–H groups in total. The van der Waals surface area contributed by atoms with Crippen LogP contribution in [0.4, 0.5) is 5.69 Å². The SMILES string of the molecule is COc1cc(NC(=O)Cc2oc(C(C)(C)C)nc2C)c(OC)cc1Cl. The monoisotopic (exact) mass is 366 g/mol. The Bertz CT molecular complexity index is 778. The van der Waals surface area contributed by atoms with Crippen molar-refractivity contribution in [3.63, 3.8) is 0 Å². The van der Waals surface area contributed by atoms with Crippen LogP contribution in [-0.2, 0) is 16.6 Å². The van der Waals surface area contributed by atoms with Crippen molar-refractivity contribution in [3.8, 4) is 11.5 Å². The molecule has 0 saturated heterocycles. The third-order valence-corrected chi connectivity index (χ3v) is 3.90. The molecule has 0 aliphatic carbocycles. The lowest BCUT2D eigenvalue weighted by molar-refractivity contribution is -0.115. The van der Waals surface area contributed by atoms with E-state index in [-0.39, 0.29) is 17.7 Å². The van der Waals surface area contributed by atoms with Gasteiger partial charge in [0.05, 0.1) is 37.0 Å². The van der Waals surface area contributed by atoms with Gasteiger partial charge in [-0.1, -0.05) is 32.4 Å². The molecule has 2 aromatic rings. The van der Waals surface area contributed by atoms with E-state index in [0.29, 0.717) is 39.6 Å². The van der Waals surface area contributed by atoms with Crippen molar-refractivity contribution in [1.82, 2.24) is 4.98 Å². The second-order valence-corrected chi connectivity index (χ2v) is 7.10. The van der Waals surface area contributed by atoms with Crippen molar-refractivity contribution in [3.05, 3.63) is 34.5 Å². The van der Waals surface area contributed by atoms with E-state index >= 15 is 0 Å². The highest BCUT2D eigenvalue weighted by atomic mass is 35.5. The minimum absolute atomic E-state index is 0.0724. The molecular formula is C18H23ClN2O4. The number of carbonyl (C=O) groups excluding carboxylic acids is 1. The number of aromatic nitrogens is 1. The third kappa shape index (κ3) is 4.45. The molecule has 0 spiro atoms. The van der Waals surface area contributed by atoms with Crippen molar-refractivity contribution in [2.24, 2.45) is 0 Å². The molecule has 0 aliphatic rings. The molecule has 1 aromatic carbocycles. The van der Waals surface area contributed by atoms with Crippen LogP contribution in [0, 0.1) is 6.92 Å². The van der Waals surface area contributed by atoms with Crippen LogP contribution in [0.25, 0.3) is 0 Å². The highest BCUT2D eigenvalue weighted by molar-refractivity contribution is 6.32. The van der Waals surface area contributed by atoms with Gasteiger partial charge >= 0.3 is 0 Å². The number of benzene rings is 1. The molecule has 0 fully saturated rings. The normalized spacial score (nSPS) is 11.3. The number of amides is 1. The molecule has 25 heavy (non-hydrogen) atoms. The van der Waals surface area contributed by atoms with E-state index in [2.05, 4.69) is 10.3 Å². The van der Waals surface area contributed by atoms with Gasteiger partial charge in [-0.2, -0.15) is 0 Å². The maximum atomic E-state index is 12.4. The predicted octanol–water partition coefficient (Wildman–Crippen LogP) is 4.13. The first-order valence-electron chi connectivity index (χ1n) is 7.84. The van der Waals surface area contributed by atoms with Gasteiger partial charge in [0.15, 0.2) is 5.89 Å². The van der Waals surface area contributed by atoms with Crippen molar-refractivity contribution >= 4 is 23.2 Å². The topological polar surface area (TPSA) is 73.6 Å². The molecule has 0 aliphatic heterocycles. The number of aryl methyl sites for hydroxylation is 1. The average Bonchev–Trinajstić information content (AvgIpc) is 2.89. The number of methoxy groups -OCH3 is 2. The molecule has 0 atom stereocenters. The molecule has 136 valence electrons. The summed E-state index contributed by atoms with van der Waals surface area (Å²) >= 11 is 6.07. The van der Waals surface area contributed by atoms with Gasteiger partial charge in [0.2, 0.25) is 5.91 Å². The Balaban J connectivity index is 2.20. The maximum Gasteiger partial charge on any atom is 0.232 e. The summed E-state index contributed by atoms with van der Waals surface area (Å²) in [4.78, 5) is 16.8. The molecule has 0 bridgehead atoms. The van der Waals surface area contributed by atoms with Crippen LogP contribution < -0.4 is 14.8 Å². The summed E-state index contributed by atoms with van der Waals surface area (Å²) in [5.41, 5.74) is 0.967. The number of rotatable bonds is 5. The summed E-state index contributed by atoms with van der Waals surface area (Å²) in [7, 11) is 3.01. The number of halogens is 1. The number of anilines is 1. The van der Waals surface area contributed by atoms with E-state index in [1.165, 1.54) is 14.2 Å². The van der Waals surface area contributed by atoms with Gasteiger partial charge in [-0.15, -0.1) is 0 Å². The lowest BCUT2D eigenvalue weighted by Gasteiger charge is -2.13. The zero-order valence-corrected chi connectivity index (χ0v) is 16.1. The highest BCUT2D eigenvalue weighted by Gasteiger charge is 2.23. The van der Waals surface area contributed by atoms with Gasteiger partial charge in [0.25, 0.3) is 0 Å². The largest absolute Gasteiger partial charge is 0.495 e. The smallest absolute Gasteiger partial charge is 0.232 e. The number of hydrogen-bond donors (Lipinski definition) is 1. The Morgan fingerprint density at radius 1 is 1.24 bits per heavy atom. The summed E-state index contributed by atoms with van der Waals surface area (Å²) < 4.78 is 16.2. The highest BCUT2D eigenvalue weighted by Crippen LogP contribution is 2.36. The number of ether oxygens (including phenoxy) is 2. The lowest BCUT2D eigenvalue weighted by Crippen LogP contribution is -2.15. The Hall–Kier alpha value is -2.21. The van der Waals surface area contributed by atoms with Crippen molar-refractivity contribution in [2.75, 3.05) is 19.5 Å². The van der Waals surface area contributed by atoms with Crippen LogP contribution in [0.15, 0.2) is 16.5 Å². The van der Waals surface area contributed by atoms with Gasteiger partial charge in [-0.05, 0) is 6.92 Å². The molecule has 1 aromatic heterocycles. The van der Waals surface area contributed by atoms with Gasteiger partial charge < -0.3 is 19.2 Å². The van der Waals surface area contributed by atoms with Crippen molar-refractivity contribution in [2.45, 2.75) is 39.5 Å². The molecule has 0 unspecified atom stereocenters. The fourth-order valence-corrected chi connectivity index (χ4v) is 2.44. The average molecular weight is 367 g/mol. The Kier molecular flexibility index (Phi) is 5.62. The number of nitrogens with zero attached hydrogens (tertiary/aromatic N) is 1. The minimum Gasteiger partial charge on any atom is -0.495 e. The second kappa shape index (κ2) is 7.35. The summed E-state index contributed by atoms with van der Waals surface area (Å²) in [6.07, 6.45) is 0.0724. The standard InChI is InChI=1S/C18H23ClN2O4/c1-10-13(25-17(20-10)18(2,3)4)9-16(22)21-12-8-14(23-5)11(19)7-15(12)24-6/h7-8H,9H2,1-6H3,(H,21,22). The third-order valence-electron chi connectivity index (χ3n) is 3.60. The first kappa shape index (κ1) is 19.1.